The topological polar surface area (TPSA) is 129 Å². The molecule has 11 nitrogen and oxygen atoms in total. The van der Waals surface area contributed by atoms with E-state index in [4.69, 9.17) is 19.2 Å². The predicted molar refractivity (Wildman–Crippen MR) is 136 cm³/mol. The van der Waals surface area contributed by atoms with Crippen LogP contribution < -0.4 is 10.6 Å². The number of aliphatic imine (C=N–C) groups is 1. The average Bonchev–Trinajstić information content (AvgIpc) is 2.90. The Morgan fingerprint density at radius 2 is 1.86 bits per heavy atom. The molecule has 2 N–H and O–H groups in total. The van der Waals surface area contributed by atoms with Gasteiger partial charge in [0.05, 0.1) is 25.9 Å². The van der Waals surface area contributed by atoms with E-state index >= 15 is 0 Å². The van der Waals surface area contributed by atoms with E-state index in [9.17, 15) is 14.9 Å². The van der Waals surface area contributed by atoms with Crippen molar-refractivity contribution in [2.75, 3.05) is 66.8 Å². The highest BCUT2D eigenvalue weighted by atomic mass is 16.6. The van der Waals surface area contributed by atoms with E-state index in [0.29, 0.717) is 57.4 Å². The Balaban J connectivity index is 0.00000481. The first-order valence-corrected chi connectivity index (χ1v) is 13.2. The molecule has 3 fully saturated rings. The highest BCUT2D eigenvalue weighted by Gasteiger charge is 2.38. The molecule has 2 heterocycles. The molecule has 3 rings (SSSR count). The lowest BCUT2D eigenvalue weighted by Gasteiger charge is -2.37. The molecule has 1 atom stereocenters. The molecule has 204 valence electrons. The van der Waals surface area contributed by atoms with Crippen molar-refractivity contribution >= 4 is 18.0 Å². The zero-order valence-electron chi connectivity index (χ0n) is 21.8. The van der Waals surface area contributed by atoms with Crippen LogP contribution in [0.2, 0.25) is 0 Å². The van der Waals surface area contributed by atoms with Crippen LogP contribution in [0.1, 0.15) is 52.8 Å². The number of amides is 2. The molecule has 0 spiro atoms. The Morgan fingerprint density at radius 3 is 2.50 bits per heavy atom. The summed E-state index contributed by atoms with van der Waals surface area (Å²) in [5, 5.41) is 15.8. The molecule has 2 aliphatic heterocycles. The fraction of sp³-hybridized carbons (Fsp3) is 0.840. The van der Waals surface area contributed by atoms with Crippen molar-refractivity contribution in [3.63, 3.8) is 0 Å². The number of likely N-dealkylation sites (tertiary alicyclic amines) is 1. The third-order valence-electron chi connectivity index (χ3n) is 7.32. The van der Waals surface area contributed by atoms with Gasteiger partial charge in [-0.3, -0.25) is 10.1 Å². The summed E-state index contributed by atoms with van der Waals surface area (Å²) in [5.41, 5.74) is -0.893. The minimum Gasteiger partial charge on any atom is -0.447 e. The molecular weight excluding hydrogens is 464 g/mol. The van der Waals surface area contributed by atoms with E-state index in [1.165, 1.54) is 13.5 Å². The molecule has 0 aromatic carbocycles. The van der Waals surface area contributed by atoms with Crippen LogP contribution in [0.5, 0.6) is 0 Å². The lowest BCUT2D eigenvalue weighted by molar-refractivity contribution is -0.124. The maximum atomic E-state index is 13.7. The molecular formula is C25H44N6O5. The summed E-state index contributed by atoms with van der Waals surface area (Å²) < 4.78 is 15.6. The van der Waals surface area contributed by atoms with Crippen molar-refractivity contribution in [1.29, 1.82) is 5.26 Å². The van der Waals surface area contributed by atoms with Crippen LogP contribution in [-0.2, 0) is 19.0 Å². The fourth-order valence-corrected chi connectivity index (χ4v) is 5.00. The zero-order valence-corrected chi connectivity index (χ0v) is 21.8. The van der Waals surface area contributed by atoms with Gasteiger partial charge >= 0.3 is 6.09 Å². The molecule has 0 unspecified atom stereocenters. The van der Waals surface area contributed by atoms with Crippen molar-refractivity contribution in [1.82, 2.24) is 20.4 Å². The van der Waals surface area contributed by atoms with Gasteiger partial charge in [-0.05, 0) is 32.2 Å². The second kappa shape index (κ2) is 14.4. The number of carbonyl (C=O) groups excluding carboxylic acids is 2. The number of rotatable bonds is 8. The summed E-state index contributed by atoms with van der Waals surface area (Å²) in [6.45, 7) is 4.00. The lowest BCUT2D eigenvalue weighted by atomic mass is 9.84. The maximum absolute atomic E-state index is 13.7. The largest absolute Gasteiger partial charge is 0.447 e. The summed E-state index contributed by atoms with van der Waals surface area (Å²) in [6, 6.07) is 1.66. The highest BCUT2D eigenvalue weighted by molar-refractivity contribution is 5.96. The number of nitrogens with zero attached hydrogens (tertiary/aromatic N) is 4. The van der Waals surface area contributed by atoms with Crippen LogP contribution in [0.3, 0.4) is 0 Å². The molecule has 0 radical (unpaired) electrons. The van der Waals surface area contributed by atoms with Gasteiger partial charge in [-0.1, -0.05) is 32.1 Å². The fourth-order valence-electron chi connectivity index (χ4n) is 5.00. The third kappa shape index (κ3) is 8.61. The number of carbonyl (C=O) groups is 2. The van der Waals surface area contributed by atoms with Crippen LogP contribution >= 0.6 is 0 Å². The Kier molecular flexibility index (Phi) is 11.2. The van der Waals surface area contributed by atoms with Gasteiger partial charge < -0.3 is 29.3 Å². The van der Waals surface area contributed by atoms with Crippen LogP contribution in [0.4, 0.5) is 4.79 Å². The molecule has 1 saturated carbocycles. The summed E-state index contributed by atoms with van der Waals surface area (Å²) >= 11 is 0. The molecule has 2 saturated heterocycles. The van der Waals surface area contributed by atoms with E-state index in [0.717, 1.165) is 38.8 Å². The first kappa shape index (κ1) is 28.2. The van der Waals surface area contributed by atoms with Crippen molar-refractivity contribution in [3.8, 4) is 6.07 Å². The Hall–Kier alpha value is -2.42. The monoisotopic (exact) mass is 508 g/mol. The van der Waals surface area contributed by atoms with Crippen molar-refractivity contribution in [2.24, 2.45) is 10.9 Å². The minimum absolute atomic E-state index is 0. The normalized spacial score (nSPS) is 22.4. The summed E-state index contributed by atoms with van der Waals surface area (Å²) in [7, 11) is 3.56. The van der Waals surface area contributed by atoms with Gasteiger partial charge in [-0.15, -0.1) is 0 Å². The Bertz CT molecular complexity index is 787. The molecule has 0 bridgehead atoms. The number of piperidine rings is 1. The molecule has 0 aromatic heterocycles. The smallest absolute Gasteiger partial charge is 0.414 e. The zero-order chi connectivity index (χ0) is 25.8. The molecule has 2 amide bonds. The average molecular weight is 509 g/mol. The third-order valence-corrected chi connectivity index (χ3v) is 7.32. The summed E-state index contributed by atoms with van der Waals surface area (Å²) in [6.07, 6.45) is 6.74. The lowest BCUT2D eigenvalue weighted by Crippen LogP contribution is -2.56. The van der Waals surface area contributed by atoms with E-state index in [1.54, 1.807) is 0 Å². The van der Waals surface area contributed by atoms with Crippen molar-refractivity contribution < 1.29 is 25.2 Å². The van der Waals surface area contributed by atoms with E-state index in [2.05, 4.69) is 21.6 Å². The first-order valence-electron chi connectivity index (χ1n) is 13.2. The number of nitriles is 1. The van der Waals surface area contributed by atoms with E-state index in [1.807, 2.05) is 11.9 Å². The predicted octanol–water partition coefficient (Wildman–Crippen LogP) is 1.74. The SMILES string of the molecule is COCCOC(=O)NC(=N[C@@H](CC1CCCCC1)C(=O)NC1(C#N)CCN(C)CC1)N1CCOCC1.[HH]. The second-order valence-corrected chi connectivity index (χ2v) is 10.0. The van der Waals surface area contributed by atoms with Gasteiger partial charge in [-0.25, -0.2) is 9.79 Å². The Morgan fingerprint density at radius 1 is 1.17 bits per heavy atom. The number of hydrogen-bond donors (Lipinski definition) is 2. The summed E-state index contributed by atoms with van der Waals surface area (Å²) in [5.74, 6) is 0.436. The van der Waals surface area contributed by atoms with Gasteiger partial charge in [0.2, 0.25) is 11.9 Å². The number of hydrogen-bond acceptors (Lipinski definition) is 8. The van der Waals surface area contributed by atoms with Crippen LogP contribution in [0.25, 0.3) is 0 Å². The molecule has 3 aliphatic rings. The molecule has 36 heavy (non-hydrogen) atoms. The molecule has 11 heteroatoms. The molecule has 1 aliphatic carbocycles. The quantitative estimate of drug-likeness (QED) is 0.288. The van der Waals surface area contributed by atoms with Crippen molar-refractivity contribution in [2.45, 2.75) is 62.9 Å². The first-order chi connectivity index (χ1) is 17.4. The van der Waals surface area contributed by atoms with E-state index in [-0.39, 0.29) is 20.5 Å². The number of morpholine rings is 1. The number of alkyl carbamates (subject to hydrolysis) is 1. The standard InChI is InChI=1S/C25H42N6O5.H2/c1-30-10-8-25(19-26,9-11-30)29-22(32)21(18-20-6-4-3-5-7-20)27-23(31-12-14-35-15-13-31)28-24(33)36-17-16-34-2;/h20-21H,3-18H2,1-2H3,(H,29,32)(H,27,28,33);1H/t21-;/m0./s1. The Labute approximate surface area is 216 Å². The van der Waals surface area contributed by atoms with E-state index < -0.39 is 17.7 Å². The van der Waals surface area contributed by atoms with Crippen LogP contribution in [-0.4, -0.2) is 106 Å². The van der Waals surface area contributed by atoms with Crippen LogP contribution in [0, 0.1) is 17.2 Å². The second-order valence-electron chi connectivity index (χ2n) is 10.0. The van der Waals surface area contributed by atoms with Gasteiger partial charge in [0.25, 0.3) is 0 Å². The van der Waals surface area contributed by atoms with Gasteiger partial charge in [-0.2, -0.15) is 5.26 Å². The van der Waals surface area contributed by atoms with Gasteiger partial charge in [0, 0.05) is 34.7 Å². The minimum atomic E-state index is -0.893. The number of nitrogens with one attached hydrogen (secondary N) is 2. The highest BCUT2D eigenvalue weighted by Crippen LogP contribution is 2.29. The van der Waals surface area contributed by atoms with Gasteiger partial charge in [0.1, 0.15) is 18.2 Å². The number of methoxy groups -OCH3 is 1. The van der Waals surface area contributed by atoms with Crippen molar-refractivity contribution in [3.05, 3.63) is 0 Å². The number of guanidine groups is 1. The van der Waals surface area contributed by atoms with Gasteiger partial charge in [0.15, 0.2) is 0 Å². The van der Waals surface area contributed by atoms with Crippen LogP contribution in [0.15, 0.2) is 4.99 Å². The summed E-state index contributed by atoms with van der Waals surface area (Å²) in [4.78, 5) is 35.0. The maximum Gasteiger partial charge on any atom is 0.414 e. The molecule has 0 aromatic rings. The number of ether oxygens (including phenoxy) is 3.